The second-order valence-electron chi connectivity index (χ2n) is 6.76. The lowest BCUT2D eigenvalue weighted by atomic mass is 9.50. The summed E-state index contributed by atoms with van der Waals surface area (Å²) in [4.78, 5) is 11.7. The molecule has 4 rings (SSSR count). The summed E-state index contributed by atoms with van der Waals surface area (Å²) in [5, 5.41) is 0. The molecule has 4 fully saturated rings. The van der Waals surface area contributed by atoms with Crippen molar-refractivity contribution in [2.45, 2.75) is 46.0 Å². The maximum absolute atomic E-state index is 11.7. The Balaban J connectivity index is 1.86. The van der Waals surface area contributed by atoms with E-state index in [2.05, 4.69) is 6.92 Å². The van der Waals surface area contributed by atoms with Crippen LogP contribution in [0.3, 0.4) is 0 Å². The van der Waals surface area contributed by atoms with Crippen LogP contribution in [-0.2, 0) is 9.53 Å². The minimum absolute atomic E-state index is 0.138. The van der Waals surface area contributed by atoms with Gasteiger partial charge >= 0.3 is 5.97 Å². The molecule has 0 unspecified atom stereocenters. The van der Waals surface area contributed by atoms with E-state index >= 15 is 0 Å². The zero-order chi connectivity index (χ0) is 12.9. The highest BCUT2D eigenvalue weighted by atomic mass is 16.5. The van der Waals surface area contributed by atoms with E-state index in [1.54, 1.807) is 0 Å². The summed E-state index contributed by atoms with van der Waals surface area (Å²) in [6.07, 6.45) is 7.11. The monoisotopic (exact) mass is 248 g/mol. The first-order chi connectivity index (χ1) is 8.60. The van der Waals surface area contributed by atoms with Gasteiger partial charge in [0.2, 0.25) is 0 Å². The lowest BCUT2D eigenvalue weighted by Gasteiger charge is -2.55. The number of methoxy groups -OCH3 is 1. The Morgan fingerprint density at radius 1 is 0.944 bits per heavy atom. The van der Waals surface area contributed by atoms with Crippen LogP contribution in [0.4, 0.5) is 0 Å². The number of esters is 1. The third-order valence-electron chi connectivity index (χ3n) is 5.81. The molecule has 4 bridgehead atoms. The molecule has 100 valence electrons. The minimum Gasteiger partial charge on any atom is -0.466 e. The zero-order valence-corrected chi connectivity index (χ0v) is 11.7. The number of ether oxygens (including phenoxy) is 1. The van der Waals surface area contributed by atoms with Crippen molar-refractivity contribution >= 4 is 5.97 Å². The summed E-state index contributed by atoms with van der Waals surface area (Å²) in [5.74, 6) is 4.21. The number of hydrogen-bond acceptors (Lipinski definition) is 2. The lowest BCUT2D eigenvalue weighted by Crippen LogP contribution is -2.45. The van der Waals surface area contributed by atoms with Crippen molar-refractivity contribution < 1.29 is 9.53 Å². The summed E-state index contributed by atoms with van der Waals surface area (Å²) >= 11 is 0. The van der Waals surface area contributed by atoms with Gasteiger partial charge in [0.1, 0.15) is 0 Å². The van der Waals surface area contributed by atoms with E-state index in [1.807, 2.05) is 6.92 Å². The van der Waals surface area contributed by atoms with Gasteiger partial charge in [-0.1, -0.05) is 5.57 Å². The average Bonchev–Trinajstić information content (AvgIpc) is 2.35. The summed E-state index contributed by atoms with van der Waals surface area (Å²) in [5.41, 5.74) is 2.17. The molecule has 0 heterocycles. The fraction of sp³-hybridized carbons (Fsp3) is 0.812. The van der Waals surface area contributed by atoms with Crippen LogP contribution >= 0.6 is 0 Å². The van der Waals surface area contributed by atoms with E-state index in [1.165, 1.54) is 44.8 Å². The van der Waals surface area contributed by atoms with E-state index in [0.717, 1.165) is 29.2 Å². The highest BCUT2D eigenvalue weighted by Gasteiger charge is 2.48. The molecule has 2 nitrogen and oxygen atoms in total. The third-order valence-corrected chi connectivity index (χ3v) is 5.81. The summed E-state index contributed by atoms with van der Waals surface area (Å²) in [6, 6.07) is 0. The van der Waals surface area contributed by atoms with Gasteiger partial charge in [0, 0.05) is 5.57 Å². The molecular formula is C16H24O2. The van der Waals surface area contributed by atoms with Crippen LogP contribution in [0.1, 0.15) is 46.0 Å². The molecule has 0 aliphatic heterocycles. The van der Waals surface area contributed by atoms with Crippen molar-refractivity contribution in [1.82, 2.24) is 0 Å². The first kappa shape index (κ1) is 12.3. The fourth-order valence-electron chi connectivity index (χ4n) is 5.20. The van der Waals surface area contributed by atoms with Gasteiger partial charge in [-0.25, -0.2) is 4.79 Å². The molecule has 18 heavy (non-hydrogen) atoms. The van der Waals surface area contributed by atoms with Gasteiger partial charge in [-0.15, -0.1) is 0 Å². The van der Waals surface area contributed by atoms with Gasteiger partial charge in [-0.05, 0) is 75.5 Å². The first-order valence-electron chi connectivity index (χ1n) is 7.35. The Morgan fingerprint density at radius 3 is 1.89 bits per heavy atom. The highest BCUT2D eigenvalue weighted by molar-refractivity contribution is 5.88. The lowest BCUT2D eigenvalue weighted by molar-refractivity contribution is -0.136. The van der Waals surface area contributed by atoms with Crippen LogP contribution in [0.2, 0.25) is 0 Å². The molecule has 0 amide bonds. The van der Waals surface area contributed by atoms with Gasteiger partial charge < -0.3 is 4.74 Å². The van der Waals surface area contributed by atoms with Gasteiger partial charge in [-0.3, -0.25) is 0 Å². The molecule has 0 radical (unpaired) electrons. The van der Waals surface area contributed by atoms with Crippen molar-refractivity contribution in [3.8, 4) is 0 Å². The van der Waals surface area contributed by atoms with Gasteiger partial charge in [-0.2, -0.15) is 0 Å². The minimum atomic E-state index is -0.138. The number of carbonyl (C=O) groups is 1. The van der Waals surface area contributed by atoms with Gasteiger partial charge in [0.25, 0.3) is 0 Å². The van der Waals surface area contributed by atoms with E-state index in [4.69, 9.17) is 4.74 Å². The van der Waals surface area contributed by atoms with Crippen molar-refractivity contribution in [2.75, 3.05) is 7.11 Å². The SMILES string of the molecule is COC(=O)C(C)=C(C)C1C2CC3CC(C2)CC1C3. The Morgan fingerprint density at radius 2 is 1.44 bits per heavy atom. The Bertz CT molecular complexity index is 366. The summed E-state index contributed by atoms with van der Waals surface area (Å²) < 4.78 is 4.88. The summed E-state index contributed by atoms with van der Waals surface area (Å²) in [6.45, 7) is 4.10. The maximum Gasteiger partial charge on any atom is 0.333 e. The molecule has 0 aromatic heterocycles. The van der Waals surface area contributed by atoms with Crippen molar-refractivity contribution in [3.05, 3.63) is 11.1 Å². The number of allylic oxidation sites excluding steroid dienone is 1. The molecule has 0 atom stereocenters. The largest absolute Gasteiger partial charge is 0.466 e. The molecule has 0 aromatic carbocycles. The predicted octanol–water partition coefficient (Wildman–Crippen LogP) is 3.57. The highest BCUT2D eigenvalue weighted by Crippen LogP contribution is 2.58. The molecule has 0 aromatic rings. The van der Waals surface area contributed by atoms with Crippen LogP contribution in [0.5, 0.6) is 0 Å². The van der Waals surface area contributed by atoms with E-state index in [-0.39, 0.29) is 5.97 Å². The van der Waals surface area contributed by atoms with Crippen LogP contribution in [-0.4, -0.2) is 13.1 Å². The molecule has 4 aliphatic carbocycles. The second kappa shape index (κ2) is 4.40. The Labute approximate surface area is 110 Å². The zero-order valence-electron chi connectivity index (χ0n) is 11.7. The fourth-order valence-corrected chi connectivity index (χ4v) is 5.20. The quantitative estimate of drug-likeness (QED) is 0.551. The average molecular weight is 248 g/mol. The molecule has 2 heteroatoms. The van der Waals surface area contributed by atoms with Crippen LogP contribution < -0.4 is 0 Å². The molecule has 0 spiro atoms. The van der Waals surface area contributed by atoms with Crippen LogP contribution in [0, 0.1) is 29.6 Å². The third kappa shape index (κ3) is 1.81. The van der Waals surface area contributed by atoms with E-state index < -0.39 is 0 Å². The Kier molecular flexibility index (Phi) is 2.99. The van der Waals surface area contributed by atoms with Gasteiger partial charge in [0.15, 0.2) is 0 Å². The maximum atomic E-state index is 11.7. The number of carbonyl (C=O) groups excluding carboxylic acids is 1. The van der Waals surface area contributed by atoms with Crippen molar-refractivity contribution in [3.63, 3.8) is 0 Å². The van der Waals surface area contributed by atoms with Crippen molar-refractivity contribution in [1.29, 1.82) is 0 Å². The van der Waals surface area contributed by atoms with Gasteiger partial charge in [0.05, 0.1) is 7.11 Å². The van der Waals surface area contributed by atoms with E-state index in [0.29, 0.717) is 5.92 Å². The standard InChI is InChI=1S/C16H24O2/c1-9(10(2)16(17)18-3)15-13-5-11-4-12(7-13)8-14(15)6-11/h11-15H,4-8H2,1-3H3. The molecular weight excluding hydrogens is 224 g/mol. The molecule has 4 saturated carbocycles. The molecule has 0 saturated heterocycles. The van der Waals surface area contributed by atoms with Crippen molar-refractivity contribution in [2.24, 2.45) is 29.6 Å². The number of rotatable bonds is 2. The second-order valence-corrected chi connectivity index (χ2v) is 6.76. The topological polar surface area (TPSA) is 26.3 Å². The van der Waals surface area contributed by atoms with E-state index in [9.17, 15) is 4.79 Å². The normalized spacial score (nSPS) is 42.7. The predicted molar refractivity (Wildman–Crippen MR) is 70.9 cm³/mol. The number of hydrogen-bond donors (Lipinski definition) is 0. The summed E-state index contributed by atoms with van der Waals surface area (Å²) in [7, 11) is 1.48. The Hall–Kier alpha value is -0.790. The smallest absolute Gasteiger partial charge is 0.333 e. The molecule has 0 N–H and O–H groups in total. The first-order valence-corrected chi connectivity index (χ1v) is 7.35. The van der Waals surface area contributed by atoms with Crippen LogP contribution in [0.15, 0.2) is 11.1 Å². The van der Waals surface area contributed by atoms with Crippen LogP contribution in [0.25, 0.3) is 0 Å². The molecule has 4 aliphatic rings.